The Morgan fingerprint density at radius 3 is 2.21 bits per heavy atom. The molecule has 1 fully saturated rings. The smallest absolute Gasteiger partial charge is 0.313 e. The summed E-state index contributed by atoms with van der Waals surface area (Å²) in [6.45, 7) is 5.96. The number of azo groups is 1. The van der Waals surface area contributed by atoms with Crippen LogP contribution in [0.2, 0.25) is 0 Å². The van der Waals surface area contributed by atoms with Crippen LogP contribution in [0.3, 0.4) is 0 Å². The molecule has 2 aromatic rings. The molecule has 1 saturated heterocycles. The molecule has 2 N–H and O–H groups in total. The molecular formula is C21H25N5O2. The molecule has 1 unspecified atom stereocenters. The summed E-state index contributed by atoms with van der Waals surface area (Å²) in [4.78, 5) is 26.5. The standard InChI is InChI=1S/C21H25N5O2/c1-15(2)26-13-12-19(14-26)23-21(28)20(27)22-16-8-10-18(11-9-16)25-24-17-6-4-3-5-7-17/h3-11,15,19H,12-14H2,1-2H3,(H,22,27)(H,23,28). The molecule has 2 amide bonds. The van der Waals surface area contributed by atoms with Gasteiger partial charge in [0.1, 0.15) is 0 Å². The van der Waals surface area contributed by atoms with Crippen molar-refractivity contribution in [1.29, 1.82) is 0 Å². The number of hydrogen-bond donors (Lipinski definition) is 2. The van der Waals surface area contributed by atoms with Crippen LogP contribution in [0.4, 0.5) is 17.1 Å². The molecule has 1 heterocycles. The summed E-state index contributed by atoms with van der Waals surface area (Å²) in [5.74, 6) is -1.27. The molecule has 0 bridgehead atoms. The van der Waals surface area contributed by atoms with Crippen LogP contribution in [0, 0.1) is 0 Å². The third-order valence-electron chi connectivity index (χ3n) is 4.65. The molecule has 0 aromatic heterocycles. The Morgan fingerprint density at radius 1 is 0.964 bits per heavy atom. The number of likely N-dealkylation sites (tertiary alicyclic amines) is 1. The van der Waals surface area contributed by atoms with Crippen molar-refractivity contribution in [1.82, 2.24) is 10.2 Å². The summed E-state index contributed by atoms with van der Waals surface area (Å²) in [7, 11) is 0. The van der Waals surface area contributed by atoms with E-state index in [2.05, 4.69) is 39.6 Å². The average molecular weight is 379 g/mol. The summed E-state index contributed by atoms with van der Waals surface area (Å²) in [5, 5.41) is 13.7. The van der Waals surface area contributed by atoms with Gasteiger partial charge in [0.15, 0.2) is 0 Å². The highest BCUT2D eigenvalue weighted by Crippen LogP contribution is 2.20. The Bertz CT molecular complexity index is 834. The van der Waals surface area contributed by atoms with E-state index in [4.69, 9.17) is 0 Å². The van der Waals surface area contributed by atoms with Crippen LogP contribution in [0.25, 0.3) is 0 Å². The highest BCUT2D eigenvalue weighted by Gasteiger charge is 2.27. The van der Waals surface area contributed by atoms with Crippen molar-refractivity contribution in [3.05, 3.63) is 54.6 Å². The fourth-order valence-electron chi connectivity index (χ4n) is 3.03. The maximum atomic E-state index is 12.1. The number of rotatable bonds is 5. The van der Waals surface area contributed by atoms with Gasteiger partial charge in [0, 0.05) is 30.9 Å². The minimum Gasteiger partial charge on any atom is -0.344 e. The fourth-order valence-corrected chi connectivity index (χ4v) is 3.03. The molecule has 1 aliphatic heterocycles. The monoisotopic (exact) mass is 379 g/mol. The molecule has 28 heavy (non-hydrogen) atoms. The summed E-state index contributed by atoms with van der Waals surface area (Å²) < 4.78 is 0. The zero-order chi connectivity index (χ0) is 19.9. The maximum Gasteiger partial charge on any atom is 0.313 e. The van der Waals surface area contributed by atoms with Gasteiger partial charge >= 0.3 is 11.8 Å². The number of hydrogen-bond acceptors (Lipinski definition) is 5. The largest absolute Gasteiger partial charge is 0.344 e. The summed E-state index contributed by atoms with van der Waals surface area (Å²) in [6, 6.07) is 16.7. The van der Waals surface area contributed by atoms with E-state index < -0.39 is 11.8 Å². The van der Waals surface area contributed by atoms with Crippen molar-refractivity contribution in [3.8, 4) is 0 Å². The van der Waals surface area contributed by atoms with E-state index >= 15 is 0 Å². The normalized spacial score (nSPS) is 17.2. The van der Waals surface area contributed by atoms with E-state index in [0.717, 1.165) is 25.2 Å². The van der Waals surface area contributed by atoms with E-state index in [1.165, 1.54) is 0 Å². The van der Waals surface area contributed by atoms with Crippen molar-refractivity contribution in [3.63, 3.8) is 0 Å². The van der Waals surface area contributed by atoms with E-state index in [-0.39, 0.29) is 6.04 Å². The molecular weight excluding hydrogens is 354 g/mol. The molecule has 2 aromatic carbocycles. The summed E-state index contributed by atoms with van der Waals surface area (Å²) >= 11 is 0. The number of benzene rings is 2. The molecule has 7 nitrogen and oxygen atoms in total. The first kappa shape index (κ1) is 19.7. The SMILES string of the molecule is CC(C)N1CCC(NC(=O)C(=O)Nc2ccc(N=Nc3ccccc3)cc2)C1. The van der Waals surface area contributed by atoms with Gasteiger partial charge < -0.3 is 10.6 Å². The first-order valence-electron chi connectivity index (χ1n) is 9.44. The zero-order valence-electron chi connectivity index (χ0n) is 16.1. The predicted octanol–water partition coefficient (Wildman–Crippen LogP) is 3.64. The zero-order valence-corrected chi connectivity index (χ0v) is 16.1. The van der Waals surface area contributed by atoms with Crippen molar-refractivity contribution < 1.29 is 9.59 Å². The molecule has 1 aliphatic rings. The van der Waals surface area contributed by atoms with Crippen LogP contribution < -0.4 is 10.6 Å². The molecule has 0 radical (unpaired) electrons. The van der Waals surface area contributed by atoms with E-state index in [0.29, 0.717) is 17.4 Å². The minimum absolute atomic E-state index is 0.0152. The van der Waals surface area contributed by atoms with Gasteiger partial charge in [0.25, 0.3) is 0 Å². The Balaban J connectivity index is 1.50. The van der Waals surface area contributed by atoms with Gasteiger partial charge in [-0.3, -0.25) is 14.5 Å². The minimum atomic E-state index is -0.665. The number of carbonyl (C=O) groups is 2. The maximum absolute atomic E-state index is 12.1. The van der Waals surface area contributed by atoms with Gasteiger partial charge in [-0.2, -0.15) is 10.2 Å². The van der Waals surface area contributed by atoms with Gasteiger partial charge in [-0.1, -0.05) is 18.2 Å². The van der Waals surface area contributed by atoms with Crippen LogP contribution in [0.15, 0.2) is 64.8 Å². The van der Waals surface area contributed by atoms with Gasteiger partial charge in [-0.05, 0) is 56.7 Å². The van der Waals surface area contributed by atoms with Crippen LogP contribution >= 0.6 is 0 Å². The molecule has 0 aliphatic carbocycles. The lowest BCUT2D eigenvalue weighted by Crippen LogP contribution is -2.43. The third-order valence-corrected chi connectivity index (χ3v) is 4.65. The quantitative estimate of drug-likeness (QED) is 0.614. The van der Waals surface area contributed by atoms with Crippen molar-refractivity contribution in [2.45, 2.75) is 32.4 Å². The third kappa shape index (κ3) is 5.47. The predicted molar refractivity (Wildman–Crippen MR) is 109 cm³/mol. The second-order valence-corrected chi connectivity index (χ2v) is 7.08. The molecule has 0 spiro atoms. The van der Waals surface area contributed by atoms with Crippen molar-refractivity contribution in [2.24, 2.45) is 10.2 Å². The number of amides is 2. The lowest BCUT2D eigenvalue weighted by Gasteiger charge is -2.20. The Kier molecular flexibility index (Phi) is 6.49. The Hall–Kier alpha value is -3.06. The van der Waals surface area contributed by atoms with E-state index in [1.54, 1.807) is 24.3 Å². The van der Waals surface area contributed by atoms with Gasteiger partial charge in [-0.15, -0.1) is 0 Å². The molecule has 7 heteroatoms. The Labute approximate surface area is 164 Å². The van der Waals surface area contributed by atoms with E-state index in [9.17, 15) is 9.59 Å². The fraction of sp³-hybridized carbons (Fsp3) is 0.333. The first-order valence-corrected chi connectivity index (χ1v) is 9.44. The molecule has 146 valence electrons. The lowest BCUT2D eigenvalue weighted by molar-refractivity contribution is -0.136. The number of anilines is 1. The van der Waals surface area contributed by atoms with Crippen LogP contribution in [0.5, 0.6) is 0 Å². The Morgan fingerprint density at radius 2 is 1.61 bits per heavy atom. The lowest BCUT2D eigenvalue weighted by atomic mass is 10.2. The van der Waals surface area contributed by atoms with E-state index in [1.807, 2.05) is 30.3 Å². The van der Waals surface area contributed by atoms with Crippen LogP contribution in [-0.2, 0) is 9.59 Å². The van der Waals surface area contributed by atoms with Gasteiger partial charge in [0.2, 0.25) is 0 Å². The number of nitrogens with one attached hydrogen (secondary N) is 2. The summed E-state index contributed by atoms with van der Waals surface area (Å²) in [6.07, 6.45) is 0.859. The van der Waals surface area contributed by atoms with Gasteiger partial charge in [-0.25, -0.2) is 0 Å². The van der Waals surface area contributed by atoms with Gasteiger partial charge in [0.05, 0.1) is 11.4 Å². The highest BCUT2D eigenvalue weighted by atomic mass is 16.2. The first-order chi connectivity index (χ1) is 13.5. The number of nitrogens with zero attached hydrogens (tertiary/aromatic N) is 3. The molecule has 3 rings (SSSR count). The molecule has 1 atom stereocenters. The average Bonchev–Trinajstić information content (AvgIpc) is 3.17. The molecule has 0 saturated carbocycles. The second-order valence-electron chi connectivity index (χ2n) is 7.08. The number of carbonyl (C=O) groups excluding carboxylic acids is 2. The second kappa shape index (κ2) is 9.23. The summed E-state index contributed by atoms with van der Waals surface area (Å²) in [5.41, 5.74) is 1.96. The van der Waals surface area contributed by atoms with Crippen molar-refractivity contribution in [2.75, 3.05) is 18.4 Å². The van der Waals surface area contributed by atoms with Crippen LogP contribution in [-0.4, -0.2) is 41.9 Å². The van der Waals surface area contributed by atoms with Crippen molar-refractivity contribution >= 4 is 28.9 Å². The topological polar surface area (TPSA) is 86.2 Å². The highest BCUT2D eigenvalue weighted by molar-refractivity contribution is 6.39. The van der Waals surface area contributed by atoms with Crippen LogP contribution in [0.1, 0.15) is 20.3 Å².